The first kappa shape index (κ1) is 23.3. The summed E-state index contributed by atoms with van der Waals surface area (Å²) in [5.74, 6) is 0.863. The van der Waals surface area contributed by atoms with Crippen molar-refractivity contribution in [2.75, 3.05) is 14.2 Å². The van der Waals surface area contributed by atoms with Gasteiger partial charge in [-0.2, -0.15) is 5.10 Å². The molecule has 7 heteroatoms. The number of carbonyl (C=O) groups is 1. The van der Waals surface area contributed by atoms with Crippen molar-refractivity contribution in [2.45, 2.75) is 6.92 Å². The van der Waals surface area contributed by atoms with Crippen molar-refractivity contribution in [1.82, 2.24) is 9.99 Å². The molecule has 1 N–H and O–H groups in total. The molecule has 6 nitrogen and oxygen atoms in total. The maximum absolute atomic E-state index is 12.6. The van der Waals surface area contributed by atoms with Gasteiger partial charge in [-0.05, 0) is 82.5 Å². The van der Waals surface area contributed by atoms with Crippen molar-refractivity contribution < 1.29 is 14.3 Å². The summed E-state index contributed by atoms with van der Waals surface area (Å²) in [4.78, 5) is 12.6. The van der Waals surface area contributed by atoms with E-state index >= 15 is 0 Å². The molecule has 1 aromatic heterocycles. The van der Waals surface area contributed by atoms with Gasteiger partial charge in [-0.1, -0.05) is 30.3 Å². The van der Waals surface area contributed by atoms with Crippen LogP contribution in [0, 0.1) is 6.92 Å². The smallest absolute Gasteiger partial charge is 0.271 e. The number of rotatable bonds is 7. The van der Waals surface area contributed by atoms with Gasteiger partial charge >= 0.3 is 0 Å². The molecule has 1 amide bonds. The molecular weight excluding hydrogens is 494 g/mol. The molecule has 172 valence electrons. The Bertz CT molecular complexity index is 1330. The summed E-state index contributed by atoms with van der Waals surface area (Å²) < 4.78 is 13.5. The topological polar surface area (TPSA) is 64.8 Å². The zero-order chi connectivity index (χ0) is 24.1. The third-order valence-electron chi connectivity index (χ3n) is 5.37. The number of benzene rings is 3. The van der Waals surface area contributed by atoms with Crippen LogP contribution < -0.4 is 14.9 Å². The molecule has 0 aliphatic carbocycles. The van der Waals surface area contributed by atoms with Gasteiger partial charge in [0.05, 0.1) is 30.6 Å². The number of aryl methyl sites for hydroxylation is 1. The predicted molar refractivity (Wildman–Crippen MR) is 138 cm³/mol. The van der Waals surface area contributed by atoms with Gasteiger partial charge in [-0.25, -0.2) is 5.43 Å². The van der Waals surface area contributed by atoms with Gasteiger partial charge in [0.25, 0.3) is 5.91 Å². The number of nitrogens with zero attached hydrogens (tertiary/aromatic N) is 2. The lowest BCUT2D eigenvalue weighted by Crippen LogP contribution is -2.17. The van der Waals surface area contributed by atoms with E-state index in [4.69, 9.17) is 9.47 Å². The second-order valence-electron chi connectivity index (χ2n) is 7.55. The molecule has 3 aromatic carbocycles. The molecule has 34 heavy (non-hydrogen) atoms. The van der Waals surface area contributed by atoms with Crippen LogP contribution >= 0.6 is 15.9 Å². The van der Waals surface area contributed by atoms with E-state index in [0.717, 1.165) is 32.7 Å². The number of hydrogen-bond donors (Lipinski definition) is 1. The van der Waals surface area contributed by atoms with E-state index in [-0.39, 0.29) is 5.91 Å². The lowest BCUT2D eigenvalue weighted by atomic mass is 10.1. The highest BCUT2D eigenvalue weighted by atomic mass is 79.9. The average molecular weight is 518 g/mol. The average Bonchev–Trinajstić information content (AvgIpc) is 3.25. The molecule has 1 heterocycles. The fourth-order valence-corrected chi connectivity index (χ4v) is 4.34. The van der Waals surface area contributed by atoms with Gasteiger partial charge in [0, 0.05) is 16.9 Å². The number of amides is 1. The van der Waals surface area contributed by atoms with Crippen LogP contribution in [0.25, 0.3) is 16.9 Å². The first-order chi connectivity index (χ1) is 16.5. The van der Waals surface area contributed by atoms with E-state index in [1.807, 2.05) is 36.4 Å². The van der Waals surface area contributed by atoms with Crippen LogP contribution in [0.1, 0.15) is 21.6 Å². The fraction of sp³-hybridized carbons (Fsp3) is 0.111. The zero-order valence-corrected chi connectivity index (χ0v) is 20.7. The van der Waals surface area contributed by atoms with Crippen molar-refractivity contribution in [1.29, 1.82) is 0 Å². The molecule has 0 bridgehead atoms. The number of carbonyl (C=O) groups excluding carboxylic acids is 1. The van der Waals surface area contributed by atoms with E-state index in [1.54, 1.807) is 38.6 Å². The molecule has 0 atom stereocenters. The molecule has 0 fully saturated rings. The van der Waals surface area contributed by atoms with Crippen molar-refractivity contribution in [3.63, 3.8) is 0 Å². The standard InChI is InChI=1S/C27H24BrN3O3/c1-18-9-14-24(20-7-5-4-6-8-20)31(18)22-12-10-21(11-13-22)27(32)30-29-17-19-15-23(28)26(34-3)25(16-19)33-2/h4-17H,1-3H3,(H,30,32)/b29-17-. The van der Waals surface area contributed by atoms with E-state index in [9.17, 15) is 4.79 Å². The molecule has 0 saturated carbocycles. The summed E-state index contributed by atoms with van der Waals surface area (Å²) in [5.41, 5.74) is 8.16. The Morgan fingerprint density at radius 1 is 0.971 bits per heavy atom. The molecule has 4 aromatic rings. The van der Waals surface area contributed by atoms with Crippen LogP contribution in [0.4, 0.5) is 0 Å². The third-order valence-corrected chi connectivity index (χ3v) is 5.96. The SMILES string of the molecule is COc1cc(/C=N\NC(=O)c2ccc(-n3c(C)ccc3-c3ccccc3)cc2)cc(Br)c1OC. The normalized spacial score (nSPS) is 10.9. The second-order valence-corrected chi connectivity index (χ2v) is 8.40. The largest absolute Gasteiger partial charge is 0.493 e. The molecule has 0 saturated heterocycles. The molecule has 0 aliphatic heterocycles. The zero-order valence-electron chi connectivity index (χ0n) is 19.1. The Balaban J connectivity index is 1.49. The first-order valence-electron chi connectivity index (χ1n) is 10.6. The molecule has 0 radical (unpaired) electrons. The van der Waals surface area contributed by atoms with Gasteiger partial charge in [0.2, 0.25) is 0 Å². The van der Waals surface area contributed by atoms with Gasteiger partial charge < -0.3 is 14.0 Å². The number of hydrazone groups is 1. The van der Waals surface area contributed by atoms with Crippen LogP contribution in [0.3, 0.4) is 0 Å². The van der Waals surface area contributed by atoms with E-state index in [2.05, 4.69) is 62.2 Å². The minimum Gasteiger partial charge on any atom is -0.493 e. The van der Waals surface area contributed by atoms with Crippen molar-refractivity contribution in [3.05, 3.63) is 100 Å². The Labute approximate surface area is 207 Å². The van der Waals surface area contributed by atoms with E-state index in [1.165, 1.54) is 0 Å². The van der Waals surface area contributed by atoms with Gasteiger partial charge in [0.1, 0.15) is 0 Å². The summed E-state index contributed by atoms with van der Waals surface area (Å²) >= 11 is 3.45. The number of ether oxygens (including phenoxy) is 2. The number of nitrogens with one attached hydrogen (secondary N) is 1. The third kappa shape index (κ3) is 4.89. The highest BCUT2D eigenvalue weighted by Crippen LogP contribution is 2.35. The maximum atomic E-state index is 12.6. The molecule has 4 rings (SSSR count). The Morgan fingerprint density at radius 2 is 1.71 bits per heavy atom. The van der Waals surface area contributed by atoms with E-state index in [0.29, 0.717) is 17.1 Å². The summed E-state index contributed by atoms with van der Waals surface area (Å²) in [6, 6.07) is 25.5. The Hall–Kier alpha value is -3.84. The van der Waals surface area contributed by atoms with Gasteiger partial charge in [-0.15, -0.1) is 0 Å². The van der Waals surface area contributed by atoms with Gasteiger partial charge in [-0.3, -0.25) is 4.79 Å². The summed E-state index contributed by atoms with van der Waals surface area (Å²) in [6.07, 6.45) is 1.55. The Morgan fingerprint density at radius 3 is 2.38 bits per heavy atom. The first-order valence-corrected chi connectivity index (χ1v) is 11.4. The molecular formula is C27H24BrN3O3. The van der Waals surface area contributed by atoms with Crippen LogP contribution in [-0.4, -0.2) is 30.9 Å². The van der Waals surface area contributed by atoms with Crippen LogP contribution in [0.2, 0.25) is 0 Å². The minimum absolute atomic E-state index is 0.296. The number of methoxy groups -OCH3 is 2. The monoisotopic (exact) mass is 517 g/mol. The Kier molecular flexibility index (Phi) is 7.13. The van der Waals surface area contributed by atoms with E-state index < -0.39 is 0 Å². The summed E-state index contributed by atoms with van der Waals surface area (Å²) in [6.45, 7) is 2.06. The molecule has 0 spiro atoms. The van der Waals surface area contributed by atoms with Crippen molar-refractivity contribution in [2.24, 2.45) is 5.10 Å². The lowest BCUT2D eigenvalue weighted by Gasteiger charge is -2.13. The van der Waals surface area contributed by atoms with Crippen molar-refractivity contribution >= 4 is 28.1 Å². The number of hydrogen-bond acceptors (Lipinski definition) is 4. The fourth-order valence-electron chi connectivity index (χ4n) is 3.72. The molecule has 0 unspecified atom stereocenters. The van der Waals surface area contributed by atoms with Crippen molar-refractivity contribution in [3.8, 4) is 28.4 Å². The molecule has 0 aliphatic rings. The van der Waals surface area contributed by atoms with Gasteiger partial charge in [0.15, 0.2) is 11.5 Å². The highest BCUT2D eigenvalue weighted by Gasteiger charge is 2.12. The second kappa shape index (κ2) is 10.4. The maximum Gasteiger partial charge on any atom is 0.271 e. The van der Waals surface area contributed by atoms with Crippen LogP contribution in [-0.2, 0) is 0 Å². The number of halogens is 1. The quantitative estimate of drug-likeness (QED) is 0.241. The van der Waals surface area contributed by atoms with Crippen LogP contribution in [0.15, 0.2) is 88.4 Å². The minimum atomic E-state index is -0.296. The summed E-state index contributed by atoms with van der Waals surface area (Å²) in [5, 5.41) is 4.08. The summed E-state index contributed by atoms with van der Waals surface area (Å²) in [7, 11) is 3.14. The predicted octanol–water partition coefficient (Wildman–Crippen LogP) is 6.00. The lowest BCUT2D eigenvalue weighted by molar-refractivity contribution is 0.0955. The number of aromatic nitrogens is 1. The highest BCUT2D eigenvalue weighted by molar-refractivity contribution is 9.10. The van der Waals surface area contributed by atoms with Crippen LogP contribution in [0.5, 0.6) is 11.5 Å².